The van der Waals surface area contributed by atoms with E-state index in [-0.39, 0.29) is 0 Å². The normalized spacial score (nSPS) is 12.2. The fourth-order valence-corrected chi connectivity index (χ4v) is 18.6. The molecule has 8 rings (SSSR count). The summed E-state index contributed by atoms with van der Waals surface area (Å²) in [4.78, 5) is 13.3. The van der Waals surface area contributed by atoms with Crippen molar-refractivity contribution < 1.29 is 0 Å². The van der Waals surface area contributed by atoms with Crippen molar-refractivity contribution in [1.29, 1.82) is 0 Å². The molecule has 40 heavy (non-hydrogen) atoms. The van der Waals surface area contributed by atoms with Crippen molar-refractivity contribution in [2.75, 3.05) is 0 Å². The standard InChI is InChI=1S/C28H12Br4S8/c1-9-3-5-11(33-9)13-7-15-21(35-13)17(29)23(37-15)25-19(31)27-28(39-25)20(32)26(40-27)24-18(30)22-16(38-24)8-14(36-22)12-6-4-10(2)34-12/h3-8H,1-2H3. The summed E-state index contributed by atoms with van der Waals surface area (Å²) in [5.41, 5.74) is 0. The number of hydrogen-bond acceptors (Lipinski definition) is 8. The van der Waals surface area contributed by atoms with Crippen molar-refractivity contribution >= 4 is 183 Å². The van der Waals surface area contributed by atoms with Gasteiger partial charge in [0.15, 0.2) is 0 Å². The molecule has 8 aromatic heterocycles. The van der Waals surface area contributed by atoms with Gasteiger partial charge in [0.1, 0.15) is 0 Å². The van der Waals surface area contributed by atoms with Gasteiger partial charge in [-0.25, -0.2) is 0 Å². The van der Waals surface area contributed by atoms with Crippen molar-refractivity contribution in [2.45, 2.75) is 13.8 Å². The third-order valence-corrected chi connectivity index (χ3v) is 21.8. The van der Waals surface area contributed by atoms with Crippen LogP contribution in [0.1, 0.15) is 9.75 Å². The Balaban J connectivity index is 1.19. The Morgan fingerprint density at radius 3 is 1.12 bits per heavy atom. The monoisotopic (exact) mass is 920 g/mol. The number of rotatable bonds is 4. The zero-order chi connectivity index (χ0) is 27.4. The zero-order valence-corrected chi connectivity index (χ0v) is 33.1. The van der Waals surface area contributed by atoms with E-state index in [0.717, 1.165) is 0 Å². The van der Waals surface area contributed by atoms with Gasteiger partial charge < -0.3 is 0 Å². The summed E-state index contributed by atoms with van der Waals surface area (Å²) in [5.74, 6) is 0. The van der Waals surface area contributed by atoms with E-state index in [1.54, 1.807) is 0 Å². The second kappa shape index (κ2) is 10.4. The van der Waals surface area contributed by atoms with Crippen LogP contribution in [-0.2, 0) is 0 Å². The predicted octanol–water partition coefficient (Wildman–Crippen LogP) is 16.0. The summed E-state index contributed by atoms with van der Waals surface area (Å²) >= 11 is 31.0. The number of fused-ring (bicyclic) bond motifs is 3. The van der Waals surface area contributed by atoms with Crippen molar-refractivity contribution in [3.8, 4) is 39.0 Å². The van der Waals surface area contributed by atoms with Gasteiger partial charge in [0.25, 0.3) is 0 Å². The van der Waals surface area contributed by atoms with E-state index >= 15 is 0 Å². The summed E-state index contributed by atoms with van der Waals surface area (Å²) in [7, 11) is 0. The zero-order valence-electron chi connectivity index (χ0n) is 20.2. The quantitative estimate of drug-likeness (QED) is 0.165. The van der Waals surface area contributed by atoms with Gasteiger partial charge in [-0.15, -0.1) is 90.7 Å². The third-order valence-electron chi connectivity index (χ3n) is 6.41. The molecule has 0 bridgehead atoms. The molecule has 0 fully saturated rings. The van der Waals surface area contributed by atoms with E-state index in [0.29, 0.717) is 0 Å². The van der Waals surface area contributed by atoms with Crippen LogP contribution >= 0.6 is 154 Å². The summed E-state index contributed by atoms with van der Waals surface area (Å²) in [6.45, 7) is 4.34. The first-order chi connectivity index (χ1) is 19.3. The Morgan fingerprint density at radius 2 is 0.775 bits per heavy atom. The highest BCUT2D eigenvalue weighted by molar-refractivity contribution is 9.11. The molecular weight excluding hydrogens is 912 g/mol. The van der Waals surface area contributed by atoms with Crippen molar-refractivity contribution in [3.63, 3.8) is 0 Å². The molecule has 0 radical (unpaired) electrons. The highest BCUT2D eigenvalue weighted by Crippen LogP contribution is 2.59. The summed E-state index contributed by atoms with van der Waals surface area (Å²) in [6.07, 6.45) is 0. The number of aryl methyl sites for hydroxylation is 2. The van der Waals surface area contributed by atoms with Gasteiger partial charge in [0, 0.05) is 38.7 Å². The van der Waals surface area contributed by atoms with Crippen molar-refractivity contribution in [2.24, 2.45) is 0 Å². The lowest BCUT2D eigenvalue weighted by Crippen LogP contribution is -1.69. The molecule has 0 saturated heterocycles. The van der Waals surface area contributed by atoms with E-state index in [4.69, 9.17) is 0 Å². The molecule has 0 saturated carbocycles. The van der Waals surface area contributed by atoms with Gasteiger partial charge in [-0.2, -0.15) is 0 Å². The first-order valence-electron chi connectivity index (χ1n) is 11.7. The average molecular weight is 925 g/mol. The van der Waals surface area contributed by atoms with Crippen molar-refractivity contribution in [3.05, 3.63) is 64.0 Å². The van der Waals surface area contributed by atoms with Gasteiger partial charge >= 0.3 is 0 Å². The number of halogens is 4. The first kappa shape index (κ1) is 27.8. The Bertz CT molecular complexity index is 2090. The van der Waals surface area contributed by atoms with Gasteiger partial charge in [-0.3, -0.25) is 0 Å². The van der Waals surface area contributed by atoms with Gasteiger partial charge in [0.05, 0.1) is 56.2 Å². The van der Waals surface area contributed by atoms with Crippen LogP contribution in [0.15, 0.2) is 54.3 Å². The second-order valence-electron chi connectivity index (χ2n) is 9.07. The van der Waals surface area contributed by atoms with Gasteiger partial charge in [0.2, 0.25) is 0 Å². The fourth-order valence-electron chi connectivity index (χ4n) is 4.56. The number of hydrogen-bond donors (Lipinski definition) is 0. The molecule has 0 aliphatic heterocycles. The molecule has 0 amide bonds. The maximum Gasteiger partial charge on any atom is 0.0618 e. The van der Waals surface area contributed by atoms with Crippen LogP contribution in [0.2, 0.25) is 0 Å². The lowest BCUT2D eigenvalue weighted by molar-refractivity contribution is 1.64. The van der Waals surface area contributed by atoms with Crippen LogP contribution < -0.4 is 0 Å². The average Bonchev–Trinajstić information content (AvgIpc) is 3.75. The van der Waals surface area contributed by atoms with Gasteiger partial charge in [-0.1, -0.05) is 0 Å². The van der Waals surface area contributed by atoms with E-state index in [9.17, 15) is 0 Å². The van der Waals surface area contributed by atoms with Crippen LogP contribution in [-0.4, -0.2) is 0 Å². The molecule has 0 aliphatic carbocycles. The van der Waals surface area contributed by atoms with E-state index in [1.807, 2.05) is 90.7 Å². The maximum atomic E-state index is 4.01. The Morgan fingerprint density at radius 1 is 0.400 bits per heavy atom. The highest BCUT2D eigenvalue weighted by atomic mass is 79.9. The fraction of sp³-hybridized carbons (Fsp3) is 0.0714. The number of thiophene rings is 8. The summed E-state index contributed by atoms with van der Waals surface area (Å²) in [5, 5.41) is 0. The molecule has 0 aliphatic rings. The molecule has 0 unspecified atom stereocenters. The Labute approximate surface area is 295 Å². The minimum Gasteiger partial charge on any atom is -0.140 e. The molecule has 0 spiro atoms. The molecule has 0 aromatic carbocycles. The molecule has 0 nitrogen and oxygen atoms in total. The lowest BCUT2D eigenvalue weighted by Gasteiger charge is -1.99. The lowest BCUT2D eigenvalue weighted by atomic mass is 10.3. The minimum absolute atomic E-state index is 1.19. The Kier molecular flexibility index (Phi) is 7.26. The van der Waals surface area contributed by atoms with Crippen LogP contribution in [0, 0.1) is 13.8 Å². The van der Waals surface area contributed by atoms with E-state index in [2.05, 4.69) is 114 Å². The van der Waals surface area contributed by atoms with Crippen LogP contribution in [0.4, 0.5) is 0 Å². The Hall–Kier alpha value is 0.300. The predicted molar refractivity (Wildman–Crippen MR) is 204 cm³/mol. The van der Waals surface area contributed by atoms with Crippen molar-refractivity contribution in [1.82, 2.24) is 0 Å². The van der Waals surface area contributed by atoms with E-state index < -0.39 is 0 Å². The van der Waals surface area contributed by atoms with Crippen LogP contribution in [0.25, 0.3) is 67.2 Å². The van der Waals surface area contributed by atoms with Gasteiger partial charge in [-0.05, 0) is 114 Å². The molecule has 200 valence electrons. The first-order valence-corrected chi connectivity index (χ1v) is 21.5. The second-order valence-corrected chi connectivity index (χ2v) is 21.1. The topological polar surface area (TPSA) is 0 Å². The largest absolute Gasteiger partial charge is 0.140 e. The third kappa shape index (κ3) is 4.38. The molecule has 0 N–H and O–H groups in total. The summed E-state index contributed by atoms with van der Waals surface area (Å²) < 4.78 is 12.8. The summed E-state index contributed by atoms with van der Waals surface area (Å²) in [6, 6.07) is 13.6. The molecule has 8 heterocycles. The maximum absolute atomic E-state index is 4.01. The van der Waals surface area contributed by atoms with Crippen LogP contribution in [0.5, 0.6) is 0 Å². The molecule has 8 aromatic rings. The SMILES string of the molecule is Cc1ccc(-c2cc3sc(-c4sc5c(Br)c(-c6sc7cc(-c8ccc(C)s8)sc7c6Br)sc5c4Br)c(Br)c3s2)s1. The smallest absolute Gasteiger partial charge is 0.0618 e. The molecular formula is C28H12Br4S8. The molecule has 12 heteroatoms. The highest BCUT2D eigenvalue weighted by Gasteiger charge is 2.26. The van der Waals surface area contributed by atoms with E-state index in [1.165, 1.54) is 94.9 Å². The van der Waals surface area contributed by atoms with Crippen LogP contribution in [0.3, 0.4) is 0 Å². The molecule has 0 atom stereocenters. The minimum atomic E-state index is 1.19.